The van der Waals surface area contributed by atoms with E-state index < -0.39 is 16.1 Å². The van der Waals surface area contributed by atoms with E-state index in [0.717, 1.165) is 80.7 Å². The number of esters is 2. The van der Waals surface area contributed by atoms with Crippen LogP contribution in [0.1, 0.15) is 80.8 Å². The smallest absolute Gasteiger partial charge is 0.342 e. The van der Waals surface area contributed by atoms with Crippen molar-refractivity contribution in [1.29, 1.82) is 0 Å². The number of allylic oxidation sites excluding steroid dienone is 3. The fraction of sp³-hybridized carbons (Fsp3) is 0.571. The van der Waals surface area contributed by atoms with Gasteiger partial charge in [-0.15, -0.1) is 0 Å². The number of aliphatic hydroxyl groups is 1. The Bertz CT molecular complexity index is 1580. The number of benzene rings is 2. The monoisotopic (exact) mass is 846 g/mol. The lowest BCUT2D eigenvalue weighted by molar-refractivity contribution is 0.0522. The predicted octanol–water partition coefficient (Wildman–Crippen LogP) is 9.93. The number of carbonyl (C=O) groups is 2. The van der Waals surface area contributed by atoms with Crippen LogP contribution in [0, 0.1) is 13.8 Å². The lowest BCUT2D eigenvalue weighted by Crippen LogP contribution is -2.23. The number of cyclic esters (lactones) is 2. The fourth-order valence-corrected chi connectivity index (χ4v) is 8.42. The second-order valence-electron chi connectivity index (χ2n) is 16.2. The van der Waals surface area contributed by atoms with Gasteiger partial charge in [0.25, 0.3) is 0 Å². The molecule has 0 saturated carbocycles. The number of fused-ring (bicyclic) bond motifs is 2. The molecule has 0 spiro atoms. The zero-order valence-corrected chi connectivity index (χ0v) is 38.3. The maximum absolute atomic E-state index is 12.4. The number of carbonyl (C=O) groups excluding carboxylic acids is 2. The summed E-state index contributed by atoms with van der Waals surface area (Å²) in [6.07, 6.45) is 7.15. The van der Waals surface area contributed by atoms with E-state index in [4.69, 9.17) is 28.4 Å². The van der Waals surface area contributed by atoms with E-state index in [1.54, 1.807) is 14.2 Å². The van der Waals surface area contributed by atoms with E-state index in [9.17, 15) is 14.7 Å². The van der Waals surface area contributed by atoms with Gasteiger partial charge in [-0.2, -0.15) is 0 Å². The van der Waals surface area contributed by atoms with Crippen LogP contribution in [0.4, 0.5) is 0 Å². The van der Waals surface area contributed by atoms with Gasteiger partial charge in [0, 0.05) is 43.7 Å². The molecule has 0 saturated heterocycles. The van der Waals surface area contributed by atoms with Crippen LogP contribution in [0.5, 0.6) is 23.0 Å². The Morgan fingerprint density at radius 2 is 1.09 bits per heavy atom. The van der Waals surface area contributed by atoms with Crippen molar-refractivity contribution in [3.8, 4) is 23.0 Å². The molecule has 0 aliphatic carbocycles. The SMILES string of the molecule is CC/C(=C\Cc1c(OC)c(C)c2c(c1OCC[Si](C)(C)C)C(=O)OC2)CBr.CC/C(=C\Cc1c(OC)c(C)c2c(c1OCC[Si](C)(C)C)C(=O)OC2)CO. The number of rotatable bonds is 18. The molecule has 0 bridgehead atoms. The first kappa shape index (κ1) is 45.3. The summed E-state index contributed by atoms with van der Waals surface area (Å²) < 4.78 is 34.5. The molecule has 0 radical (unpaired) electrons. The number of aliphatic hydroxyl groups excluding tert-OH is 1. The number of hydrogen-bond acceptors (Lipinski definition) is 9. The van der Waals surface area contributed by atoms with E-state index in [0.29, 0.717) is 55.3 Å². The molecule has 0 atom stereocenters. The van der Waals surface area contributed by atoms with Crippen molar-refractivity contribution in [1.82, 2.24) is 0 Å². The number of alkyl halides is 1. The van der Waals surface area contributed by atoms with Crippen molar-refractivity contribution in [3.63, 3.8) is 0 Å². The van der Waals surface area contributed by atoms with Gasteiger partial charge < -0.3 is 33.5 Å². The first-order chi connectivity index (χ1) is 25.5. The molecule has 0 amide bonds. The number of ether oxygens (including phenoxy) is 6. The highest BCUT2D eigenvalue weighted by Gasteiger charge is 2.35. The highest BCUT2D eigenvalue weighted by molar-refractivity contribution is 9.09. The molecule has 2 aromatic rings. The van der Waals surface area contributed by atoms with Gasteiger partial charge >= 0.3 is 11.9 Å². The Morgan fingerprint density at radius 3 is 1.41 bits per heavy atom. The highest BCUT2D eigenvalue weighted by Crippen LogP contribution is 2.44. The minimum Gasteiger partial charge on any atom is -0.496 e. The second kappa shape index (κ2) is 20.2. The van der Waals surface area contributed by atoms with Crippen molar-refractivity contribution in [2.45, 2.75) is 118 Å². The third-order valence-corrected chi connectivity index (χ3v) is 14.1. The number of methoxy groups -OCH3 is 2. The van der Waals surface area contributed by atoms with Crippen LogP contribution in [0.2, 0.25) is 51.4 Å². The quantitative estimate of drug-likeness (QED) is 0.0679. The minimum atomic E-state index is -1.27. The molecule has 300 valence electrons. The van der Waals surface area contributed by atoms with E-state index in [1.807, 2.05) is 26.8 Å². The molecule has 0 aromatic heterocycles. The van der Waals surface area contributed by atoms with Crippen molar-refractivity contribution in [2.24, 2.45) is 0 Å². The summed E-state index contributed by atoms with van der Waals surface area (Å²) in [5.74, 6) is 2.14. The van der Waals surface area contributed by atoms with Crippen LogP contribution < -0.4 is 18.9 Å². The molecular formula is C42H63BrO9Si2. The lowest BCUT2D eigenvalue weighted by Gasteiger charge is -2.21. The van der Waals surface area contributed by atoms with E-state index >= 15 is 0 Å². The van der Waals surface area contributed by atoms with Crippen molar-refractivity contribution in [3.05, 3.63) is 67.8 Å². The van der Waals surface area contributed by atoms with E-state index in [-0.39, 0.29) is 25.2 Å². The van der Waals surface area contributed by atoms with Gasteiger partial charge in [-0.1, -0.05) is 86.8 Å². The Balaban J connectivity index is 0.000000290. The molecule has 54 heavy (non-hydrogen) atoms. The molecule has 2 aliphatic heterocycles. The maximum atomic E-state index is 12.4. The van der Waals surface area contributed by atoms with Gasteiger partial charge in [0.05, 0.1) is 34.0 Å². The molecule has 2 aliphatic rings. The van der Waals surface area contributed by atoms with Crippen molar-refractivity contribution in [2.75, 3.05) is 39.4 Å². The molecule has 2 heterocycles. The van der Waals surface area contributed by atoms with Crippen LogP contribution >= 0.6 is 15.9 Å². The minimum absolute atomic E-state index is 0.0244. The Morgan fingerprint density at radius 1 is 0.704 bits per heavy atom. The standard InChI is InChI=1S/C21H31BrO4Si.C21H32O5Si/c2*1-7-15(12-22)8-9-16-19(24-3)14(2)17-13-26-21(23)18(17)20(16)25-10-11-27(4,5)6/h8H,7,9-13H2,1-6H3;8,22H,7,9-13H2,1-6H3/b2*15-8+. The van der Waals surface area contributed by atoms with Crippen LogP contribution in [0.25, 0.3) is 0 Å². The molecule has 0 fully saturated rings. The topological polar surface area (TPSA) is 110 Å². The Kier molecular flexibility index (Phi) is 17.0. The van der Waals surface area contributed by atoms with Crippen LogP contribution in [-0.4, -0.2) is 72.6 Å². The van der Waals surface area contributed by atoms with Crippen LogP contribution in [0.15, 0.2) is 23.3 Å². The zero-order chi connectivity index (χ0) is 40.4. The predicted molar refractivity (Wildman–Crippen MR) is 226 cm³/mol. The molecule has 12 heteroatoms. The Labute approximate surface area is 333 Å². The largest absolute Gasteiger partial charge is 0.496 e. The Hall–Kier alpha value is -3.07. The number of halogens is 1. The first-order valence-electron chi connectivity index (χ1n) is 19.0. The maximum Gasteiger partial charge on any atom is 0.342 e. The summed E-state index contributed by atoms with van der Waals surface area (Å²) >= 11 is 3.54. The highest BCUT2D eigenvalue weighted by atomic mass is 79.9. The third kappa shape index (κ3) is 11.5. The molecule has 2 aromatic carbocycles. The molecule has 1 N–H and O–H groups in total. The van der Waals surface area contributed by atoms with Gasteiger partial charge in [-0.05, 0) is 68.3 Å². The van der Waals surface area contributed by atoms with Gasteiger partial charge in [-0.25, -0.2) is 9.59 Å². The first-order valence-corrected chi connectivity index (χ1v) is 27.6. The summed E-state index contributed by atoms with van der Waals surface area (Å²) in [5.41, 5.74) is 8.81. The van der Waals surface area contributed by atoms with E-state index in [2.05, 4.69) is 68.2 Å². The molecule has 4 rings (SSSR count). The van der Waals surface area contributed by atoms with Crippen LogP contribution in [-0.2, 0) is 35.5 Å². The van der Waals surface area contributed by atoms with Gasteiger partial charge in [-0.3, -0.25) is 0 Å². The summed E-state index contributed by atoms with van der Waals surface area (Å²) in [7, 11) is 0.803. The molecule has 0 unspecified atom stereocenters. The van der Waals surface area contributed by atoms with Crippen molar-refractivity contribution < 1.29 is 43.1 Å². The molecule has 9 nitrogen and oxygen atoms in total. The summed E-state index contributed by atoms with van der Waals surface area (Å²) in [5, 5.41) is 10.3. The normalized spacial score (nSPS) is 14.2. The van der Waals surface area contributed by atoms with Crippen LogP contribution in [0.3, 0.4) is 0 Å². The van der Waals surface area contributed by atoms with Gasteiger partial charge in [0.1, 0.15) is 47.3 Å². The van der Waals surface area contributed by atoms with Crippen molar-refractivity contribution >= 4 is 44.0 Å². The summed E-state index contributed by atoms with van der Waals surface area (Å²) in [6.45, 7) is 23.7. The second-order valence-corrected chi connectivity index (χ2v) is 28.0. The lowest BCUT2D eigenvalue weighted by atomic mass is 9.94. The van der Waals surface area contributed by atoms with Gasteiger partial charge in [0.2, 0.25) is 0 Å². The zero-order valence-electron chi connectivity index (χ0n) is 34.7. The summed E-state index contributed by atoms with van der Waals surface area (Å²) in [6, 6.07) is 2.03. The average Bonchev–Trinajstić information content (AvgIpc) is 3.70. The average molecular weight is 848 g/mol. The molecular weight excluding hydrogens is 785 g/mol. The van der Waals surface area contributed by atoms with Gasteiger partial charge in [0.15, 0.2) is 0 Å². The number of hydrogen-bond donors (Lipinski definition) is 1. The third-order valence-electron chi connectivity index (χ3n) is 9.92. The summed E-state index contributed by atoms with van der Waals surface area (Å²) in [4.78, 5) is 24.9. The fourth-order valence-electron chi connectivity index (χ4n) is 6.36. The van der Waals surface area contributed by atoms with E-state index in [1.165, 1.54) is 5.57 Å².